The molecule has 0 aliphatic rings. The number of aryl methyl sites for hydroxylation is 1. The molecule has 1 N–H and O–H groups in total. The molecule has 15 heavy (non-hydrogen) atoms. The van der Waals surface area contributed by atoms with Crippen LogP contribution < -0.4 is 0 Å². The van der Waals surface area contributed by atoms with E-state index in [0.717, 1.165) is 12.1 Å². The third-order valence-corrected chi connectivity index (χ3v) is 1.78. The molecule has 0 atom stereocenters. The van der Waals surface area contributed by atoms with E-state index in [9.17, 15) is 18.1 Å². The Morgan fingerprint density at radius 3 is 2.33 bits per heavy atom. The third-order valence-electron chi connectivity index (χ3n) is 1.78. The quantitative estimate of drug-likeness (QED) is 0.847. The first kappa shape index (κ1) is 11.4. The molecule has 0 aliphatic carbocycles. The summed E-state index contributed by atoms with van der Waals surface area (Å²) in [6.45, 7) is 0. The summed E-state index contributed by atoms with van der Waals surface area (Å²) in [5.41, 5.74) is 0.133. The highest BCUT2D eigenvalue weighted by Crippen LogP contribution is 2.22. The maximum Gasteiger partial charge on any atom is 0.349 e. The average Bonchev–Trinajstić information content (AvgIpc) is 2.22. The van der Waals surface area contributed by atoms with Crippen molar-refractivity contribution in [3.8, 4) is 5.75 Å². The van der Waals surface area contributed by atoms with Crippen LogP contribution in [0.3, 0.4) is 0 Å². The van der Waals surface area contributed by atoms with Crippen molar-refractivity contribution in [3.63, 3.8) is 0 Å². The molecule has 0 spiro atoms. The number of halogens is 3. The van der Waals surface area contributed by atoms with Gasteiger partial charge in [0, 0.05) is 4.53 Å². The molecule has 1 aromatic rings. The van der Waals surface area contributed by atoms with Gasteiger partial charge >= 0.3 is 5.97 Å². The van der Waals surface area contributed by atoms with Crippen LogP contribution in [0.15, 0.2) is 12.1 Å². The number of aromatic hydroxyl groups is 1. The van der Waals surface area contributed by atoms with E-state index in [1.54, 1.807) is 0 Å². The molecule has 0 saturated heterocycles. The van der Waals surface area contributed by atoms with Crippen LogP contribution in [0.5, 0.6) is 5.75 Å². The van der Waals surface area contributed by atoms with Gasteiger partial charge in [-0.1, -0.05) is 0 Å². The maximum absolute atomic E-state index is 12.8. The lowest BCUT2D eigenvalue weighted by Gasteiger charge is -2.02. The van der Waals surface area contributed by atoms with Crippen molar-refractivity contribution in [3.05, 3.63) is 29.3 Å². The Balaban J connectivity index is 2.75. The highest BCUT2D eigenvalue weighted by Gasteiger charge is 2.11. The van der Waals surface area contributed by atoms with E-state index < -0.39 is 23.4 Å². The Morgan fingerprint density at radius 2 is 1.87 bits per heavy atom. The Labute approximate surface area is 83.0 Å². The van der Waals surface area contributed by atoms with Crippen molar-refractivity contribution in [1.29, 1.82) is 0 Å². The van der Waals surface area contributed by atoms with Gasteiger partial charge in [-0.15, -0.1) is 0 Å². The minimum atomic E-state index is -1.13. The summed E-state index contributed by atoms with van der Waals surface area (Å²) in [7, 11) is 0. The Kier molecular flexibility index (Phi) is 3.54. The highest BCUT2D eigenvalue weighted by molar-refractivity contribution is 5.68. The summed E-state index contributed by atoms with van der Waals surface area (Å²) in [5.74, 6) is -4.45. The van der Waals surface area contributed by atoms with E-state index >= 15 is 0 Å². The van der Waals surface area contributed by atoms with Crippen molar-refractivity contribution >= 4 is 5.97 Å². The molecule has 3 nitrogen and oxygen atoms in total. The van der Waals surface area contributed by atoms with Crippen LogP contribution in [0, 0.1) is 11.6 Å². The maximum atomic E-state index is 12.8. The molecule has 0 radical (unpaired) electrons. The summed E-state index contributed by atoms with van der Waals surface area (Å²) < 4.78 is 36.8. The Morgan fingerprint density at radius 1 is 1.33 bits per heavy atom. The number of carbonyl (C=O) groups excluding carboxylic acids is 1. The third kappa shape index (κ3) is 2.87. The van der Waals surface area contributed by atoms with Crippen LogP contribution in [0.4, 0.5) is 13.3 Å². The molecule has 1 rings (SSSR count). The number of phenols is 1. The monoisotopic (exact) mass is 220 g/mol. The molecule has 82 valence electrons. The topological polar surface area (TPSA) is 46.5 Å². The Hall–Kier alpha value is -1.72. The van der Waals surface area contributed by atoms with Crippen LogP contribution >= 0.6 is 0 Å². The second-order valence-corrected chi connectivity index (χ2v) is 2.86. The van der Waals surface area contributed by atoms with Gasteiger partial charge in [-0.2, -0.15) is 0 Å². The van der Waals surface area contributed by atoms with E-state index in [1.807, 2.05) is 0 Å². The molecule has 6 heteroatoms. The molecule has 0 fully saturated rings. The molecule has 0 amide bonds. The fourth-order valence-electron chi connectivity index (χ4n) is 1.05. The van der Waals surface area contributed by atoms with Crippen molar-refractivity contribution in [2.75, 3.05) is 0 Å². The predicted octanol–water partition coefficient (Wildman–Crippen LogP) is 2.03. The normalized spacial score (nSPS) is 10.1. The lowest BCUT2D eigenvalue weighted by Crippen LogP contribution is -2.00. The van der Waals surface area contributed by atoms with Gasteiger partial charge < -0.3 is 5.11 Å². The van der Waals surface area contributed by atoms with Gasteiger partial charge in [0.05, 0.1) is 6.42 Å². The fourth-order valence-corrected chi connectivity index (χ4v) is 1.05. The minimum absolute atomic E-state index is 0.0725. The largest absolute Gasteiger partial charge is 0.503 e. The van der Waals surface area contributed by atoms with E-state index in [-0.39, 0.29) is 18.4 Å². The molecular formula is C9H7F3O3. The Bertz CT molecular complexity index is 356. The van der Waals surface area contributed by atoms with E-state index in [1.165, 1.54) is 0 Å². The first-order chi connectivity index (χ1) is 7.04. The summed E-state index contributed by atoms with van der Waals surface area (Å²) in [4.78, 5) is 13.3. The number of rotatable bonds is 3. The minimum Gasteiger partial charge on any atom is -0.503 e. The summed E-state index contributed by atoms with van der Waals surface area (Å²) in [6, 6.07) is 1.73. The average molecular weight is 220 g/mol. The zero-order valence-corrected chi connectivity index (χ0v) is 7.47. The van der Waals surface area contributed by atoms with Gasteiger partial charge in [-0.25, -0.2) is 13.6 Å². The summed E-state index contributed by atoms with van der Waals surface area (Å²) >= 11 is 0. The van der Waals surface area contributed by atoms with E-state index in [4.69, 9.17) is 5.11 Å². The zero-order valence-electron chi connectivity index (χ0n) is 7.47. The fraction of sp³-hybridized carbons (Fsp3) is 0.222. The molecule has 0 unspecified atom stereocenters. The standard InChI is InChI=1S/C9H7F3O3/c10-6-3-5(1-2-8(13)15-12)4-7(11)9(6)14/h3-4,14H,1-2H2. The van der Waals surface area contributed by atoms with Crippen LogP contribution in [0.25, 0.3) is 0 Å². The molecule has 1 aromatic carbocycles. The molecule has 0 bridgehead atoms. The van der Waals surface area contributed by atoms with Crippen molar-refractivity contribution in [1.82, 2.24) is 0 Å². The first-order valence-corrected chi connectivity index (χ1v) is 4.03. The zero-order chi connectivity index (χ0) is 11.4. The van der Waals surface area contributed by atoms with Crippen LogP contribution in [-0.4, -0.2) is 11.1 Å². The van der Waals surface area contributed by atoms with Gasteiger partial charge in [0.25, 0.3) is 0 Å². The molecular weight excluding hydrogens is 213 g/mol. The van der Waals surface area contributed by atoms with Gasteiger partial charge in [0.2, 0.25) is 0 Å². The predicted molar refractivity (Wildman–Crippen MR) is 43.5 cm³/mol. The lowest BCUT2D eigenvalue weighted by atomic mass is 10.1. The number of benzene rings is 1. The van der Waals surface area contributed by atoms with Gasteiger partial charge in [-0.3, -0.25) is 4.94 Å². The molecule has 0 saturated carbocycles. The van der Waals surface area contributed by atoms with Crippen LogP contribution in [0.1, 0.15) is 12.0 Å². The second kappa shape index (κ2) is 4.68. The summed E-state index contributed by atoms with van der Waals surface area (Å²) in [5, 5.41) is 8.75. The number of hydrogen-bond donors (Lipinski definition) is 1. The van der Waals surface area contributed by atoms with Crippen LogP contribution in [0.2, 0.25) is 0 Å². The lowest BCUT2D eigenvalue weighted by molar-refractivity contribution is -0.183. The smallest absolute Gasteiger partial charge is 0.349 e. The summed E-state index contributed by atoms with van der Waals surface area (Å²) in [6.07, 6.45) is -0.406. The molecule has 0 aliphatic heterocycles. The first-order valence-electron chi connectivity index (χ1n) is 4.03. The van der Waals surface area contributed by atoms with Crippen molar-refractivity contribution in [2.24, 2.45) is 0 Å². The van der Waals surface area contributed by atoms with Crippen molar-refractivity contribution in [2.45, 2.75) is 12.8 Å². The van der Waals surface area contributed by atoms with E-state index in [2.05, 4.69) is 4.94 Å². The van der Waals surface area contributed by atoms with Crippen molar-refractivity contribution < 1.29 is 28.1 Å². The number of phenolic OH excluding ortho intramolecular Hbond substituents is 1. The van der Waals surface area contributed by atoms with Gasteiger partial charge in [0.1, 0.15) is 0 Å². The van der Waals surface area contributed by atoms with Crippen LogP contribution in [-0.2, 0) is 16.2 Å². The highest BCUT2D eigenvalue weighted by atomic mass is 19.3. The number of hydrogen-bond acceptors (Lipinski definition) is 3. The van der Waals surface area contributed by atoms with E-state index in [0.29, 0.717) is 0 Å². The molecule has 0 aromatic heterocycles. The number of carbonyl (C=O) groups is 1. The molecule has 0 heterocycles. The van der Waals surface area contributed by atoms with Gasteiger partial charge in [-0.05, 0) is 24.1 Å². The SMILES string of the molecule is O=C(CCc1cc(F)c(O)c(F)c1)OF. The van der Waals surface area contributed by atoms with Gasteiger partial charge in [0.15, 0.2) is 17.4 Å². The second-order valence-electron chi connectivity index (χ2n) is 2.86.